The van der Waals surface area contributed by atoms with Crippen molar-refractivity contribution in [2.24, 2.45) is 5.73 Å². The first-order chi connectivity index (χ1) is 8.31. The summed E-state index contributed by atoms with van der Waals surface area (Å²) < 4.78 is 0. The van der Waals surface area contributed by atoms with Crippen molar-refractivity contribution in [1.29, 1.82) is 0 Å². The maximum atomic E-state index is 5.67. The maximum absolute atomic E-state index is 5.67. The van der Waals surface area contributed by atoms with Gasteiger partial charge in [0.25, 0.3) is 0 Å². The smallest absolute Gasteiger partial charge is 0.0236 e. The highest BCUT2D eigenvalue weighted by atomic mass is 32.2. The second kappa shape index (κ2) is 6.43. The topological polar surface area (TPSA) is 29.3 Å². The van der Waals surface area contributed by atoms with E-state index in [9.17, 15) is 0 Å². The SMILES string of the molecule is CN(Cc1ccccc1CCN)C1CCSC1. The van der Waals surface area contributed by atoms with Crippen LogP contribution in [0.2, 0.25) is 0 Å². The summed E-state index contributed by atoms with van der Waals surface area (Å²) in [5.74, 6) is 2.61. The van der Waals surface area contributed by atoms with Crippen LogP contribution in [0.5, 0.6) is 0 Å². The highest BCUT2D eigenvalue weighted by Crippen LogP contribution is 2.23. The Morgan fingerprint density at radius 3 is 2.76 bits per heavy atom. The number of rotatable bonds is 5. The van der Waals surface area contributed by atoms with Gasteiger partial charge in [-0.2, -0.15) is 11.8 Å². The van der Waals surface area contributed by atoms with E-state index >= 15 is 0 Å². The fourth-order valence-electron chi connectivity index (χ4n) is 2.38. The van der Waals surface area contributed by atoms with Gasteiger partial charge in [0.15, 0.2) is 0 Å². The minimum atomic E-state index is 0.736. The van der Waals surface area contributed by atoms with Crippen LogP contribution in [0, 0.1) is 0 Å². The van der Waals surface area contributed by atoms with Crippen LogP contribution in [0.25, 0.3) is 0 Å². The average Bonchev–Trinajstić information content (AvgIpc) is 2.85. The molecule has 0 bridgehead atoms. The van der Waals surface area contributed by atoms with E-state index in [1.165, 1.54) is 29.1 Å². The molecule has 17 heavy (non-hydrogen) atoms. The zero-order chi connectivity index (χ0) is 12.1. The summed E-state index contributed by atoms with van der Waals surface area (Å²) in [6.45, 7) is 1.79. The molecule has 1 heterocycles. The molecule has 2 rings (SSSR count). The first kappa shape index (κ1) is 12.9. The van der Waals surface area contributed by atoms with Gasteiger partial charge in [0.05, 0.1) is 0 Å². The molecule has 1 fully saturated rings. The highest BCUT2D eigenvalue weighted by Gasteiger charge is 2.20. The highest BCUT2D eigenvalue weighted by molar-refractivity contribution is 7.99. The van der Waals surface area contributed by atoms with Crippen molar-refractivity contribution in [2.45, 2.75) is 25.4 Å². The van der Waals surface area contributed by atoms with Gasteiger partial charge in [0.2, 0.25) is 0 Å². The monoisotopic (exact) mass is 250 g/mol. The predicted molar refractivity (Wildman–Crippen MR) is 76.4 cm³/mol. The van der Waals surface area contributed by atoms with Gasteiger partial charge < -0.3 is 5.73 Å². The Balaban J connectivity index is 2.01. The van der Waals surface area contributed by atoms with E-state index in [1.807, 2.05) is 0 Å². The molecule has 2 N–H and O–H groups in total. The minimum absolute atomic E-state index is 0.736. The van der Waals surface area contributed by atoms with Gasteiger partial charge in [-0.15, -0.1) is 0 Å². The molecule has 0 radical (unpaired) electrons. The summed E-state index contributed by atoms with van der Waals surface area (Å²) >= 11 is 2.07. The van der Waals surface area contributed by atoms with Crippen molar-refractivity contribution < 1.29 is 0 Å². The number of benzene rings is 1. The predicted octanol–water partition coefficient (Wildman–Crippen LogP) is 2.13. The normalized spacial score (nSPS) is 20.1. The van der Waals surface area contributed by atoms with Gasteiger partial charge in [-0.05, 0) is 43.3 Å². The lowest BCUT2D eigenvalue weighted by Gasteiger charge is -2.24. The summed E-state index contributed by atoms with van der Waals surface area (Å²) in [6, 6.07) is 9.45. The van der Waals surface area contributed by atoms with Crippen molar-refractivity contribution >= 4 is 11.8 Å². The molecule has 1 aromatic rings. The van der Waals surface area contributed by atoms with E-state index in [4.69, 9.17) is 5.73 Å². The molecule has 1 saturated heterocycles. The van der Waals surface area contributed by atoms with Crippen molar-refractivity contribution in [2.75, 3.05) is 25.1 Å². The van der Waals surface area contributed by atoms with Crippen LogP contribution in [0.3, 0.4) is 0 Å². The first-order valence-electron chi connectivity index (χ1n) is 6.36. The lowest BCUT2D eigenvalue weighted by atomic mass is 10.0. The van der Waals surface area contributed by atoms with Crippen LogP contribution in [0.1, 0.15) is 17.5 Å². The number of hydrogen-bond acceptors (Lipinski definition) is 3. The van der Waals surface area contributed by atoms with Crippen molar-refractivity contribution in [3.8, 4) is 0 Å². The fraction of sp³-hybridized carbons (Fsp3) is 0.571. The molecule has 0 saturated carbocycles. The Kier molecular flexibility index (Phi) is 4.89. The van der Waals surface area contributed by atoms with E-state index in [-0.39, 0.29) is 0 Å². The van der Waals surface area contributed by atoms with Crippen molar-refractivity contribution in [1.82, 2.24) is 4.90 Å². The lowest BCUT2D eigenvalue weighted by molar-refractivity contribution is 0.254. The van der Waals surface area contributed by atoms with Gasteiger partial charge >= 0.3 is 0 Å². The second-order valence-corrected chi connectivity index (χ2v) is 5.89. The van der Waals surface area contributed by atoms with E-state index in [0.29, 0.717) is 0 Å². The summed E-state index contributed by atoms with van der Waals surface area (Å²) in [4.78, 5) is 2.50. The molecule has 1 aliphatic heterocycles. The molecule has 0 spiro atoms. The Morgan fingerprint density at radius 2 is 2.12 bits per heavy atom. The maximum Gasteiger partial charge on any atom is 0.0236 e. The lowest BCUT2D eigenvalue weighted by Crippen LogP contribution is -2.31. The number of thioether (sulfide) groups is 1. The third-order valence-corrected chi connectivity index (χ3v) is 4.63. The molecule has 0 aliphatic carbocycles. The zero-order valence-electron chi connectivity index (χ0n) is 10.6. The van der Waals surface area contributed by atoms with Crippen molar-refractivity contribution in [3.63, 3.8) is 0 Å². The average molecular weight is 250 g/mol. The molecular formula is C14H22N2S. The molecule has 3 heteroatoms. The van der Waals surface area contributed by atoms with E-state index in [1.54, 1.807) is 0 Å². The molecule has 0 amide bonds. The molecule has 1 aliphatic rings. The number of hydrogen-bond donors (Lipinski definition) is 1. The Hall–Kier alpha value is -0.510. The van der Waals surface area contributed by atoms with Gasteiger partial charge in [-0.1, -0.05) is 24.3 Å². The first-order valence-corrected chi connectivity index (χ1v) is 7.51. The van der Waals surface area contributed by atoms with Gasteiger partial charge in [0, 0.05) is 18.3 Å². The van der Waals surface area contributed by atoms with Crippen LogP contribution in [0.15, 0.2) is 24.3 Å². The van der Waals surface area contributed by atoms with E-state index in [2.05, 4.69) is 48.0 Å². The second-order valence-electron chi connectivity index (χ2n) is 4.74. The standard InChI is InChI=1S/C14H22N2S/c1-16(14-7-9-17-11-14)10-13-5-3-2-4-12(13)6-8-15/h2-5,14H,6-11,15H2,1H3. The summed E-state index contributed by atoms with van der Waals surface area (Å²) in [5, 5.41) is 0. The molecule has 2 nitrogen and oxygen atoms in total. The third kappa shape index (κ3) is 3.47. The molecule has 1 unspecified atom stereocenters. The van der Waals surface area contributed by atoms with Crippen LogP contribution in [-0.2, 0) is 13.0 Å². The largest absolute Gasteiger partial charge is 0.330 e. The minimum Gasteiger partial charge on any atom is -0.330 e. The van der Waals surface area contributed by atoms with E-state index in [0.717, 1.165) is 25.6 Å². The molecule has 1 atom stereocenters. The summed E-state index contributed by atoms with van der Waals surface area (Å²) in [5.41, 5.74) is 8.52. The van der Waals surface area contributed by atoms with Crippen LogP contribution < -0.4 is 5.73 Å². The van der Waals surface area contributed by atoms with Gasteiger partial charge in [-0.3, -0.25) is 4.90 Å². The zero-order valence-corrected chi connectivity index (χ0v) is 11.4. The quantitative estimate of drug-likeness (QED) is 0.868. The van der Waals surface area contributed by atoms with Crippen LogP contribution >= 0.6 is 11.8 Å². The third-order valence-electron chi connectivity index (χ3n) is 3.48. The van der Waals surface area contributed by atoms with Crippen molar-refractivity contribution in [3.05, 3.63) is 35.4 Å². The van der Waals surface area contributed by atoms with E-state index < -0.39 is 0 Å². The Morgan fingerprint density at radius 1 is 1.35 bits per heavy atom. The molecule has 94 valence electrons. The Bertz CT molecular complexity index is 348. The number of nitrogens with zero attached hydrogens (tertiary/aromatic N) is 1. The molecule has 1 aromatic carbocycles. The van der Waals surface area contributed by atoms with Crippen LogP contribution in [-0.4, -0.2) is 36.0 Å². The number of nitrogens with two attached hydrogens (primary N) is 1. The Labute approximate surface area is 109 Å². The fourth-order valence-corrected chi connectivity index (χ4v) is 3.68. The molecule has 0 aromatic heterocycles. The molecular weight excluding hydrogens is 228 g/mol. The summed E-state index contributed by atoms with van der Waals surface area (Å²) in [7, 11) is 2.25. The summed E-state index contributed by atoms with van der Waals surface area (Å²) in [6.07, 6.45) is 2.32. The van der Waals surface area contributed by atoms with Crippen LogP contribution in [0.4, 0.5) is 0 Å². The van der Waals surface area contributed by atoms with Gasteiger partial charge in [-0.25, -0.2) is 0 Å². The van der Waals surface area contributed by atoms with Gasteiger partial charge in [0.1, 0.15) is 0 Å².